The molecule has 1 unspecified atom stereocenters. The SMILES string of the molecule is COC(=O)C(N)CCCc1cc2c(cc1C)OCO2. The minimum atomic E-state index is -0.542. The molecule has 0 bridgehead atoms. The molecule has 0 amide bonds. The molecule has 1 aromatic rings. The molecular formula is C14H19NO4. The van der Waals surface area contributed by atoms with E-state index in [9.17, 15) is 4.79 Å². The van der Waals surface area contributed by atoms with Crippen LogP contribution in [0.2, 0.25) is 0 Å². The summed E-state index contributed by atoms with van der Waals surface area (Å²) in [5, 5.41) is 0. The number of ether oxygens (including phenoxy) is 3. The topological polar surface area (TPSA) is 70.8 Å². The largest absolute Gasteiger partial charge is 0.468 e. The summed E-state index contributed by atoms with van der Waals surface area (Å²) in [6, 6.07) is 3.44. The Morgan fingerprint density at radius 2 is 2.11 bits per heavy atom. The van der Waals surface area contributed by atoms with Crippen LogP contribution in [0.15, 0.2) is 12.1 Å². The zero-order chi connectivity index (χ0) is 13.8. The van der Waals surface area contributed by atoms with E-state index in [-0.39, 0.29) is 12.8 Å². The number of hydrogen-bond acceptors (Lipinski definition) is 5. The van der Waals surface area contributed by atoms with Gasteiger partial charge in [-0.3, -0.25) is 4.79 Å². The van der Waals surface area contributed by atoms with Crippen molar-refractivity contribution in [3.63, 3.8) is 0 Å². The summed E-state index contributed by atoms with van der Waals surface area (Å²) in [7, 11) is 1.35. The van der Waals surface area contributed by atoms with Crippen molar-refractivity contribution < 1.29 is 19.0 Å². The fourth-order valence-electron chi connectivity index (χ4n) is 2.14. The van der Waals surface area contributed by atoms with Crippen LogP contribution in [0.4, 0.5) is 0 Å². The third-order valence-electron chi connectivity index (χ3n) is 3.30. The van der Waals surface area contributed by atoms with Crippen LogP contribution in [-0.2, 0) is 16.0 Å². The Kier molecular flexibility index (Phi) is 4.27. The molecule has 5 heteroatoms. The van der Waals surface area contributed by atoms with Crippen molar-refractivity contribution in [2.45, 2.75) is 32.2 Å². The summed E-state index contributed by atoms with van der Waals surface area (Å²) in [4.78, 5) is 11.2. The first-order chi connectivity index (χ1) is 9.11. The Morgan fingerprint density at radius 3 is 2.79 bits per heavy atom. The van der Waals surface area contributed by atoms with Crippen LogP contribution < -0.4 is 15.2 Å². The van der Waals surface area contributed by atoms with E-state index in [1.165, 1.54) is 12.7 Å². The van der Waals surface area contributed by atoms with Crippen molar-refractivity contribution in [3.8, 4) is 11.5 Å². The normalized spacial score (nSPS) is 14.3. The number of esters is 1. The summed E-state index contributed by atoms with van der Waals surface area (Å²) in [5.74, 6) is 1.23. The number of carbonyl (C=O) groups excluding carboxylic acids is 1. The first-order valence-electron chi connectivity index (χ1n) is 6.34. The lowest BCUT2D eigenvalue weighted by molar-refractivity contribution is -0.142. The van der Waals surface area contributed by atoms with Crippen molar-refractivity contribution in [1.82, 2.24) is 0 Å². The van der Waals surface area contributed by atoms with Gasteiger partial charge in [-0.1, -0.05) is 0 Å². The maximum absolute atomic E-state index is 11.2. The Morgan fingerprint density at radius 1 is 1.42 bits per heavy atom. The van der Waals surface area contributed by atoms with Gasteiger partial charge in [-0.15, -0.1) is 0 Å². The van der Waals surface area contributed by atoms with Gasteiger partial charge in [0.25, 0.3) is 0 Å². The van der Waals surface area contributed by atoms with Crippen LogP contribution in [0.25, 0.3) is 0 Å². The van der Waals surface area contributed by atoms with Gasteiger partial charge in [-0.05, 0) is 49.4 Å². The molecule has 0 fully saturated rings. The molecule has 19 heavy (non-hydrogen) atoms. The highest BCUT2D eigenvalue weighted by Crippen LogP contribution is 2.35. The molecule has 1 aliphatic rings. The maximum Gasteiger partial charge on any atom is 0.322 e. The molecule has 0 aliphatic carbocycles. The molecule has 0 saturated heterocycles. The summed E-state index contributed by atoms with van der Waals surface area (Å²) in [6.07, 6.45) is 2.30. The highest BCUT2D eigenvalue weighted by molar-refractivity contribution is 5.75. The highest BCUT2D eigenvalue weighted by Gasteiger charge is 2.17. The fraction of sp³-hybridized carbons (Fsp3) is 0.500. The molecule has 5 nitrogen and oxygen atoms in total. The second-order valence-electron chi connectivity index (χ2n) is 4.65. The second-order valence-corrected chi connectivity index (χ2v) is 4.65. The van der Waals surface area contributed by atoms with Gasteiger partial charge in [0, 0.05) is 0 Å². The Bertz CT molecular complexity index is 473. The van der Waals surface area contributed by atoms with Gasteiger partial charge in [0.2, 0.25) is 6.79 Å². The Labute approximate surface area is 112 Å². The number of nitrogens with two attached hydrogens (primary N) is 1. The van der Waals surface area contributed by atoms with Gasteiger partial charge < -0.3 is 19.9 Å². The number of methoxy groups -OCH3 is 1. The van der Waals surface area contributed by atoms with E-state index in [1.807, 2.05) is 19.1 Å². The van der Waals surface area contributed by atoms with Crippen LogP contribution in [0.5, 0.6) is 11.5 Å². The minimum Gasteiger partial charge on any atom is -0.468 e. The number of aryl methyl sites for hydroxylation is 2. The van der Waals surface area contributed by atoms with Crippen molar-refractivity contribution >= 4 is 5.97 Å². The van der Waals surface area contributed by atoms with Gasteiger partial charge >= 0.3 is 5.97 Å². The second kappa shape index (κ2) is 5.93. The van der Waals surface area contributed by atoms with Crippen LogP contribution in [-0.4, -0.2) is 25.9 Å². The summed E-state index contributed by atoms with van der Waals surface area (Å²) < 4.78 is 15.3. The number of hydrogen-bond donors (Lipinski definition) is 1. The number of fused-ring (bicyclic) bond motifs is 1. The number of benzene rings is 1. The molecule has 1 atom stereocenters. The van der Waals surface area contributed by atoms with E-state index >= 15 is 0 Å². The minimum absolute atomic E-state index is 0.283. The third kappa shape index (κ3) is 3.17. The molecular weight excluding hydrogens is 246 g/mol. The van der Waals surface area contributed by atoms with E-state index in [0.29, 0.717) is 6.42 Å². The van der Waals surface area contributed by atoms with E-state index in [4.69, 9.17) is 15.2 Å². The van der Waals surface area contributed by atoms with Crippen molar-refractivity contribution in [2.24, 2.45) is 5.73 Å². The van der Waals surface area contributed by atoms with Crippen molar-refractivity contribution in [3.05, 3.63) is 23.3 Å². The fourth-order valence-corrected chi connectivity index (χ4v) is 2.14. The van der Waals surface area contributed by atoms with Gasteiger partial charge in [-0.25, -0.2) is 0 Å². The van der Waals surface area contributed by atoms with Crippen LogP contribution >= 0.6 is 0 Å². The molecule has 2 N–H and O–H groups in total. The van der Waals surface area contributed by atoms with E-state index < -0.39 is 6.04 Å². The lowest BCUT2D eigenvalue weighted by atomic mass is 10.0. The molecule has 0 spiro atoms. The molecule has 1 aromatic carbocycles. The maximum atomic E-state index is 11.2. The lowest BCUT2D eigenvalue weighted by Crippen LogP contribution is -2.31. The van der Waals surface area contributed by atoms with Gasteiger partial charge in [0.15, 0.2) is 11.5 Å². The lowest BCUT2D eigenvalue weighted by Gasteiger charge is -2.10. The first kappa shape index (κ1) is 13.7. The zero-order valence-corrected chi connectivity index (χ0v) is 11.3. The molecule has 1 heterocycles. The average molecular weight is 265 g/mol. The molecule has 0 radical (unpaired) electrons. The number of carbonyl (C=O) groups is 1. The predicted octanol–water partition coefficient (Wildman–Crippen LogP) is 1.55. The van der Waals surface area contributed by atoms with Gasteiger partial charge in [0.1, 0.15) is 6.04 Å². The van der Waals surface area contributed by atoms with Crippen molar-refractivity contribution in [1.29, 1.82) is 0 Å². The van der Waals surface area contributed by atoms with E-state index in [1.54, 1.807) is 0 Å². The molecule has 104 valence electrons. The van der Waals surface area contributed by atoms with Crippen LogP contribution in [0.1, 0.15) is 24.0 Å². The molecule has 0 saturated carbocycles. The molecule has 0 aromatic heterocycles. The third-order valence-corrected chi connectivity index (χ3v) is 3.30. The predicted molar refractivity (Wildman–Crippen MR) is 70.2 cm³/mol. The average Bonchev–Trinajstić information content (AvgIpc) is 2.84. The van der Waals surface area contributed by atoms with Crippen molar-refractivity contribution in [2.75, 3.05) is 13.9 Å². The highest BCUT2D eigenvalue weighted by atomic mass is 16.7. The van der Waals surface area contributed by atoms with E-state index in [2.05, 4.69) is 4.74 Å². The monoisotopic (exact) mass is 265 g/mol. The molecule has 2 rings (SSSR count). The van der Waals surface area contributed by atoms with E-state index in [0.717, 1.165) is 29.9 Å². The van der Waals surface area contributed by atoms with Crippen LogP contribution in [0.3, 0.4) is 0 Å². The van der Waals surface area contributed by atoms with Crippen LogP contribution in [0, 0.1) is 6.92 Å². The Balaban J connectivity index is 1.91. The van der Waals surface area contributed by atoms with Gasteiger partial charge in [0.05, 0.1) is 7.11 Å². The summed E-state index contributed by atoms with van der Waals surface area (Å²) in [5.41, 5.74) is 8.06. The zero-order valence-electron chi connectivity index (χ0n) is 11.3. The number of rotatable bonds is 5. The van der Waals surface area contributed by atoms with Gasteiger partial charge in [-0.2, -0.15) is 0 Å². The molecule has 1 aliphatic heterocycles. The first-order valence-corrected chi connectivity index (χ1v) is 6.34. The standard InChI is InChI=1S/C14H19NO4/c1-9-6-12-13(19-8-18-12)7-10(9)4-3-5-11(15)14(16)17-2/h6-7,11H,3-5,8,15H2,1-2H3. The summed E-state index contributed by atoms with van der Waals surface area (Å²) >= 11 is 0. The Hall–Kier alpha value is -1.75. The quantitative estimate of drug-likeness (QED) is 0.818. The summed E-state index contributed by atoms with van der Waals surface area (Å²) in [6.45, 7) is 2.32. The smallest absolute Gasteiger partial charge is 0.322 e.